The minimum absolute atomic E-state index is 0. The SMILES string of the molecule is Cc1ccc(NC(=O)CC(=O)[O-])c2ccn(Cc3ccc(O)c(C(C)C)c3)c12.Cc1ccc(NC(=O)CC(=O)[O-])c2ccn(Cc3ccc(O)c(C(C)C)c3)c12.[Ca+2]. The first kappa shape index (κ1) is 44.4. The van der Waals surface area contributed by atoms with Gasteiger partial charge in [-0.05, 0) is 95.5 Å². The molecule has 0 spiro atoms. The summed E-state index contributed by atoms with van der Waals surface area (Å²) in [6, 6.07) is 22.4. The summed E-state index contributed by atoms with van der Waals surface area (Å²) in [6.45, 7) is 13.3. The molecule has 0 atom stereocenters. The van der Waals surface area contributed by atoms with Crippen molar-refractivity contribution in [3.05, 3.63) is 119 Å². The molecule has 0 saturated heterocycles. The van der Waals surface area contributed by atoms with Crippen LogP contribution in [0, 0.1) is 13.8 Å². The Morgan fingerprint density at radius 2 is 0.965 bits per heavy atom. The monoisotopic (exact) mass is 798 g/mol. The molecule has 2 heterocycles. The zero-order valence-electron chi connectivity index (χ0n) is 33.0. The second-order valence-electron chi connectivity index (χ2n) is 14.6. The second kappa shape index (κ2) is 19.2. The van der Waals surface area contributed by atoms with Gasteiger partial charge in [0.2, 0.25) is 11.8 Å². The Hall–Kier alpha value is -5.30. The molecule has 13 heteroatoms. The maximum atomic E-state index is 11.8. The molecule has 0 bridgehead atoms. The third-order valence-electron chi connectivity index (χ3n) is 9.55. The molecule has 0 unspecified atom stereocenters. The van der Waals surface area contributed by atoms with Crippen LogP contribution in [0.15, 0.2) is 85.2 Å². The van der Waals surface area contributed by atoms with Gasteiger partial charge in [0.25, 0.3) is 0 Å². The number of fused-ring (bicyclic) bond motifs is 2. The van der Waals surface area contributed by atoms with Crippen LogP contribution in [0.25, 0.3) is 21.8 Å². The van der Waals surface area contributed by atoms with Crippen LogP contribution in [-0.4, -0.2) is 80.8 Å². The Balaban J connectivity index is 0.000000248. The molecule has 4 aromatic carbocycles. The zero-order valence-corrected chi connectivity index (χ0v) is 35.2. The van der Waals surface area contributed by atoms with Crippen molar-refractivity contribution in [2.45, 2.75) is 79.3 Å². The number of phenols is 2. The number of nitrogens with one attached hydrogen (secondary N) is 2. The van der Waals surface area contributed by atoms with Gasteiger partial charge < -0.3 is 49.8 Å². The number of hydrogen-bond acceptors (Lipinski definition) is 8. The number of aryl methyl sites for hydroxylation is 2. The molecule has 0 aliphatic heterocycles. The number of benzene rings is 4. The van der Waals surface area contributed by atoms with E-state index < -0.39 is 36.6 Å². The van der Waals surface area contributed by atoms with Crippen molar-refractivity contribution in [3.63, 3.8) is 0 Å². The Morgan fingerprint density at radius 3 is 1.30 bits per heavy atom. The van der Waals surface area contributed by atoms with Gasteiger partial charge in [-0.15, -0.1) is 0 Å². The number of aromatic nitrogens is 2. The molecule has 0 aliphatic rings. The van der Waals surface area contributed by atoms with E-state index in [1.807, 2.05) is 102 Å². The summed E-state index contributed by atoms with van der Waals surface area (Å²) in [4.78, 5) is 44.9. The fourth-order valence-corrected chi connectivity index (χ4v) is 6.87. The van der Waals surface area contributed by atoms with Gasteiger partial charge in [-0.1, -0.05) is 64.1 Å². The molecule has 57 heavy (non-hydrogen) atoms. The third-order valence-corrected chi connectivity index (χ3v) is 9.55. The van der Waals surface area contributed by atoms with Crippen LogP contribution in [-0.2, 0) is 32.3 Å². The van der Waals surface area contributed by atoms with Crippen LogP contribution < -0.4 is 20.8 Å². The number of aliphatic carboxylic acids is 2. The number of amides is 2. The van der Waals surface area contributed by atoms with Gasteiger partial charge in [0.15, 0.2) is 0 Å². The van der Waals surface area contributed by atoms with E-state index in [0.29, 0.717) is 36.0 Å². The number of hydrogen-bond donors (Lipinski definition) is 4. The molecule has 292 valence electrons. The van der Waals surface area contributed by atoms with Crippen molar-refractivity contribution in [1.82, 2.24) is 9.13 Å². The van der Waals surface area contributed by atoms with Crippen molar-refractivity contribution in [2.75, 3.05) is 10.6 Å². The maximum absolute atomic E-state index is 11.8. The van der Waals surface area contributed by atoms with Crippen molar-refractivity contribution >= 4 is 94.7 Å². The molecule has 0 fully saturated rings. The van der Waals surface area contributed by atoms with Crippen molar-refractivity contribution in [3.8, 4) is 11.5 Å². The van der Waals surface area contributed by atoms with E-state index in [-0.39, 0.29) is 49.6 Å². The molecule has 12 nitrogen and oxygen atoms in total. The molecule has 4 N–H and O–H groups in total. The molecule has 0 saturated carbocycles. The summed E-state index contributed by atoms with van der Waals surface area (Å²) in [6.07, 6.45) is 2.52. The summed E-state index contributed by atoms with van der Waals surface area (Å²) in [5.41, 5.74) is 9.08. The van der Waals surface area contributed by atoms with Crippen molar-refractivity contribution in [1.29, 1.82) is 0 Å². The predicted molar refractivity (Wildman–Crippen MR) is 218 cm³/mol. The Labute approximate surface area is 361 Å². The maximum Gasteiger partial charge on any atom is 2.00 e. The first-order chi connectivity index (χ1) is 26.5. The fraction of sp³-hybridized carbons (Fsp3) is 0.273. The average Bonchev–Trinajstić information content (AvgIpc) is 3.74. The van der Waals surface area contributed by atoms with Gasteiger partial charge in [-0.2, -0.15) is 0 Å². The van der Waals surface area contributed by atoms with Gasteiger partial charge in [0.1, 0.15) is 11.5 Å². The van der Waals surface area contributed by atoms with E-state index in [1.165, 1.54) is 0 Å². The number of aromatic hydroxyl groups is 2. The summed E-state index contributed by atoms with van der Waals surface area (Å²) in [5.74, 6) is -3.02. The number of rotatable bonds is 12. The summed E-state index contributed by atoms with van der Waals surface area (Å²) >= 11 is 0. The third kappa shape index (κ3) is 11.0. The van der Waals surface area contributed by atoms with Crippen LogP contribution in [0.1, 0.15) is 85.8 Å². The standard InChI is InChI=1S/2C22H24N2O4.Ca/c2*1-13(2)17-10-15(5-7-19(17)25)12-24-9-8-16-18(6-4-14(3)22(16)24)23-20(26)11-21(27)28;/h2*4-10,13,25H,11-12H2,1-3H3,(H,23,26)(H,27,28);/q;;+2/p-2. The number of phenolic OH excluding ortho intramolecular Hbond substituents is 2. The molecule has 2 amide bonds. The van der Waals surface area contributed by atoms with E-state index in [9.17, 15) is 39.6 Å². The van der Waals surface area contributed by atoms with E-state index in [0.717, 1.165) is 55.2 Å². The minimum atomic E-state index is -1.41. The minimum Gasteiger partial charge on any atom is -0.550 e. The Morgan fingerprint density at radius 1 is 0.596 bits per heavy atom. The smallest absolute Gasteiger partial charge is 0.550 e. The van der Waals surface area contributed by atoms with E-state index in [2.05, 4.69) is 19.8 Å². The summed E-state index contributed by atoms with van der Waals surface area (Å²) in [5, 5.41) is 48.3. The topological polar surface area (TPSA) is 189 Å². The van der Waals surface area contributed by atoms with E-state index >= 15 is 0 Å². The van der Waals surface area contributed by atoms with Gasteiger partial charge in [-0.3, -0.25) is 9.59 Å². The summed E-state index contributed by atoms with van der Waals surface area (Å²) < 4.78 is 4.16. The number of nitrogens with zero attached hydrogens (tertiary/aromatic N) is 2. The first-order valence-electron chi connectivity index (χ1n) is 18.3. The van der Waals surface area contributed by atoms with Gasteiger partial charge in [0.05, 0.1) is 47.2 Å². The number of carbonyl (C=O) groups excluding carboxylic acids is 4. The average molecular weight is 799 g/mol. The molecule has 0 radical (unpaired) electrons. The van der Waals surface area contributed by atoms with Crippen LogP contribution >= 0.6 is 0 Å². The predicted octanol–water partition coefficient (Wildman–Crippen LogP) is 5.43. The molecule has 6 aromatic rings. The quantitative estimate of drug-likeness (QED) is 0.0932. The molecular formula is C44H46CaN4O8. The summed E-state index contributed by atoms with van der Waals surface area (Å²) in [7, 11) is 0. The first-order valence-corrected chi connectivity index (χ1v) is 18.3. The molecule has 6 rings (SSSR count). The molecular weight excluding hydrogens is 753 g/mol. The fourth-order valence-electron chi connectivity index (χ4n) is 6.87. The normalized spacial score (nSPS) is 10.9. The van der Waals surface area contributed by atoms with Gasteiger partial charge >= 0.3 is 37.7 Å². The van der Waals surface area contributed by atoms with Crippen molar-refractivity contribution in [2.24, 2.45) is 0 Å². The molecule has 2 aromatic heterocycles. The Kier molecular flexibility index (Phi) is 15.0. The van der Waals surface area contributed by atoms with Crippen LogP contribution in [0.2, 0.25) is 0 Å². The number of carbonyl (C=O) groups is 4. The zero-order chi connectivity index (χ0) is 40.8. The second-order valence-corrected chi connectivity index (χ2v) is 14.6. The van der Waals surface area contributed by atoms with Crippen LogP contribution in [0.4, 0.5) is 11.4 Å². The number of anilines is 2. The molecule has 0 aliphatic carbocycles. The van der Waals surface area contributed by atoms with Crippen molar-refractivity contribution < 1.29 is 39.6 Å². The van der Waals surface area contributed by atoms with Crippen LogP contribution in [0.3, 0.4) is 0 Å². The van der Waals surface area contributed by atoms with E-state index in [4.69, 9.17) is 0 Å². The van der Waals surface area contributed by atoms with E-state index in [1.54, 1.807) is 24.3 Å². The number of carboxylic acid groups (broad SMARTS) is 2. The Bertz CT molecular complexity index is 2280. The van der Waals surface area contributed by atoms with Gasteiger partial charge in [0, 0.05) is 36.3 Å². The number of carboxylic acids is 2. The van der Waals surface area contributed by atoms with Crippen LogP contribution in [0.5, 0.6) is 11.5 Å². The van der Waals surface area contributed by atoms with Gasteiger partial charge in [-0.25, -0.2) is 0 Å². The largest absolute Gasteiger partial charge is 2.00 e.